The molecule has 0 saturated carbocycles. The van der Waals surface area contributed by atoms with Crippen LogP contribution in [0.3, 0.4) is 0 Å². The van der Waals surface area contributed by atoms with Crippen molar-refractivity contribution in [2.75, 3.05) is 13.1 Å². The zero-order chi connectivity index (χ0) is 10.8. The van der Waals surface area contributed by atoms with E-state index < -0.39 is 0 Å². The Morgan fingerprint density at radius 2 is 2.47 bits per heavy atom. The van der Waals surface area contributed by atoms with Crippen molar-refractivity contribution in [2.45, 2.75) is 20.3 Å². The fourth-order valence-electron chi connectivity index (χ4n) is 2.07. The summed E-state index contributed by atoms with van der Waals surface area (Å²) in [6.45, 7) is 5.98. The van der Waals surface area contributed by atoms with E-state index in [0.717, 1.165) is 30.1 Å². The van der Waals surface area contributed by atoms with Gasteiger partial charge in [-0.1, -0.05) is 6.92 Å². The number of nitrogens with zero attached hydrogens (tertiary/aromatic N) is 1. The summed E-state index contributed by atoms with van der Waals surface area (Å²) in [7, 11) is 0. The van der Waals surface area contributed by atoms with E-state index in [-0.39, 0.29) is 11.7 Å². The third-order valence-electron chi connectivity index (χ3n) is 2.99. The summed E-state index contributed by atoms with van der Waals surface area (Å²) in [5, 5.41) is 3.31. The number of rotatable bonds is 2. The molecule has 1 aromatic rings. The quantitative estimate of drug-likeness (QED) is 0.780. The van der Waals surface area contributed by atoms with E-state index in [1.54, 1.807) is 0 Å². The Labute approximate surface area is 94.1 Å². The number of carbonyl (C=O) groups excluding carboxylic acids is 1. The van der Waals surface area contributed by atoms with Crippen LogP contribution in [-0.4, -0.2) is 23.2 Å². The molecule has 4 heteroatoms. The maximum absolute atomic E-state index is 12.2. The molecule has 1 aliphatic rings. The van der Waals surface area contributed by atoms with Gasteiger partial charge in [0.2, 0.25) is 0 Å². The molecule has 2 atom stereocenters. The van der Waals surface area contributed by atoms with Gasteiger partial charge in [0.1, 0.15) is 0 Å². The van der Waals surface area contributed by atoms with Gasteiger partial charge in [-0.2, -0.15) is 4.37 Å². The number of piperidine rings is 1. The smallest absolute Gasteiger partial charge is 0.177 e. The molecule has 1 aromatic heterocycles. The van der Waals surface area contributed by atoms with Crippen LogP contribution in [0.25, 0.3) is 0 Å². The van der Waals surface area contributed by atoms with Gasteiger partial charge in [0, 0.05) is 5.92 Å². The molecule has 1 saturated heterocycles. The van der Waals surface area contributed by atoms with Crippen LogP contribution in [0.2, 0.25) is 0 Å². The fourth-order valence-corrected chi connectivity index (χ4v) is 2.83. The average molecular weight is 224 g/mol. The lowest BCUT2D eigenvalue weighted by molar-refractivity contribution is 0.0853. The van der Waals surface area contributed by atoms with Gasteiger partial charge in [-0.3, -0.25) is 4.79 Å². The Kier molecular flexibility index (Phi) is 3.17. The Morgan fingerprint density at radius 1 is 1.67 bits per heavy atom. The molecule has 0 amide bonds. The second kappa shape index (κ2) is 4.41. The summed E-state index contributed by atoms with van der Waals surface area (Å²) >= 11 is 1.33. The van der Waals surface area contributed by atoms with Crippen LogP contribution in [0.5, 0.6) is 0 Å². The van der Waals surface area contributed by atoms with Gasteiger partial charge in [-0.25, -0.2) is 0 Å². The van der Waals surface area contributed by atoms with Crippen molar-refractivity contribution >= 4 is 17.3 Å². The van der Waals surface area contributed by atoms with Crippen molar-refractivity contribution in [3.8, 4) is 0 Å². The standard InChI is InChI=1S/C11H16N2OS/c1-7-6-12-4-3-9(7)11(14)10-5-8(2)13-15-10/h5,7,9,12H,3-4,6H2,1-2H3. The first-order valence-corrected chi connectivity index (χ1v) is 6.14. The summed E-state index contributed by atoms with van der Waals surface area (Å²) in [6.07, 6.45) is 0.955. The van der Waals surface area contributed by atoms with Gasteiger partial charge in [-0.15, -0.1) is 0 Å². The molecule has 2 unspecified atom stereocenters. The first-order valence-electron chi connectivity index (χ1n) is 5.36. The predicted molar refractivity (Wildman–Crippen MR) is 61.3 cm³/mol. The maximum atomic E-state index is 12.2. The summed E-state index contributed by atoms with van der Waals surface area (Å²) in [5.41, 5.74) is 0.949. The monoisotopic (exact) mass is 224 g/mol. The molecule has 0 aromatic carbocycles. The van der Waals surface area contributed by atoms with Crippen LogP contribution in [0, 0.1) is 18.8 Å². The summed E-state index contributed by atoms with van der Waals surface area (Å²) < 4.78 is 4.16. The molecule has 0 aliphatic carbocycles. The van der Waals surface area contributed by atoms with E-state index in [0.29, 0.717) is 5.92 Å². The first-order chi connectivity index (χ1) is 7.18. The average Bonchev–Trinajstić information content (AvgIpc) is 2.65. The molecule has 3 nitrogen and oxygen atoms in total. The summed E-state index contributed by atoms with van der Waals surface area (Å²) in [4.78, 5) is 13.0. The van der Waals surface area contributed by atoms with Gasteiger partial charge >= 0.3 is 0 Å². The topological polar surface area (TPSA) is 42.0 Å². The number of Topliss-reactive ketones (excluding diaryl/α,β-unsaturated/α-hetero) is 1. The number of hydrogen-bond acceptors (Lipinski definition) is 4. The van der Waals surface area contributed by atoms with E-state index in [9.17, 15) is 4.79 Å². The molecule has 1 fully saturated rings. The van der Waals surface area contributed by atoms with Gasteiger partial charge in [0.05, 0.1) is 10.6 Å². The number of carbonyl (C=O) groups is 1. The highest BCUT2D eigenvalue weighted by Gasteiger charge is 2.29. The van der Waals surface area contributed by atoms with Crippen LogP contribution < -0.4 is 5.32 Å². The highest BCUT2D eigenvalue weighted by Crippen LogP contribution is 2.25. The Morgan fingerprint density at radius 3 is 3.07 bits per heavy atom. The minimum Gasteiger partial charge on any atom is -0.316 e. The van der Waals surface area contributed by atoms with Crippen molar-refractivity contribution in [3.63, 3.8) is 0 Å². The predicted octanol–water partition coefficient (Wildman–Crippen LogP) is 1.88. The van der Waals surface area contributed by atoms with Gasteiger partial charge in [0.25, 0.3) is 0 Å². The van der Waals surface area contributed by atoms with Crippen molar-refractivity contribution in [1.29, 1.82) is 0 Å². The number of hydrogen-bond donors (Lipinski definition) is 1. The lowest BCUT2D eigenvalue weighted by Crippen LogP contribution is -2.38. The number of aryl methyl sites for hydroxylation is 1. The molecule has 1 aliphatic heterocycles. The van der Waals surface area contributed by atoms with E-state index in [2.05, 4.69) is 16.6 Å². The van der Waals surface area contributed by atoms with E-state index in [1.807, 2.05) is 13.0 Å². The SMILES string of the molecule is Cc1cc(C(=O)C2CCNCC2C)sn1. The molecular formula is C11H16N2OS. The molecule has 0 bridgehead atoms. The number of aromatic nitrogens is 1. The van der Waals surface area contributed by atoms with E-state index in [1.165, 1.54) is 11.5 Å². The van der Waals surface area contributed by atoms with E-state index in [4.69, 9.17) is 0 Å². The highest BCUT2D eigenvalue weighted by atomic mass is 32.1. The van der Waals surface area contributed by atoms with Gasteiger partial charge < -0.3 is 5.32 Å². The zero-order valence-electron chi connectivity index (χ0n) is 9.12. The second-order valence-electron chi connectivity index (χ2n) is 4.27. The van der Waals surface area contributed by atoms with Crippen molar-refractivity contribution in [2.24, 2.45) is 11.8 Å². The van der Waals surface area contributed by atoms with Crippen LogP contribution in [0.1, 0.15) is 28.7 Å². The van der Waals surface area contributed by atoms with Crippen LogP contribution >= 0.6 is 11.5 Å². The Hall–Kier alpha value is -0.740. The summed E-state index contributed by atoms with van der Waals surface area (Å²) in [5.74, 6) is 0.911. The van der Waals surface area contributed by atoms with Crippen LogP contribution in [0.15, 0.2) is 6.07 Å². The van der Waals surface area contributed by atoms with Crippen molar-refractivity contribution in [3.05, 3.63) is 16.6 Å². The fraction of sp³-hybridized carbons (Fsp3) is 0.636. The Balaban J connectivity index is 2.13. The first kappa shape index (κ1) is 10.8. The molecular weight excluding hydrogens is 208 g/mol. The molecule has 0 radical (unpaired) electrons. The third-order valence-corrected chi connectivity index (χ3v) is 3.89. The summed E-state index contributed by atoms with van der Waals surface area (Å²) in [6, 6.07) is 1.90. The largest absolute Gasteiger partial charge is 0.316 e. The highest BCUT2D eigenvalue weighted by molar-refractivity contribution is 7.08. The maximum Gasteiger partial charge on any atom is 0.177 e. The zero-order valence-corrected chi connectivity index (χ0v) is 9.93. The molecule has 82 valence electrons. The molecule has 1 N–H and O–H groups in total. The number of nitrogens with one attached hydrogen (secondary N) is 1. The van der Waals surface area contributed by atoms with Crippen LogP contribution in [0.4, 0.5) is 0 Å². The van der Waals surface area contributed by atoms with Crippen molar-refractivity contribution < 1.29 is 4.79 Å². The molecule has 2 rings (SSSR count). The number of ketones is 1. The normalized spacial score (nSPS) is 26.5. The lowest BCUT2D eigenvalue weighted by atomic mass is 9.84. The second-order valence-corrected chi connectivity index (χ2v) is 5.08. The van der Waals surface area contributed by atoms with E-state index >= 15 is 0 Å². The molecule has 0 spiro atoms. The van der Waals surface area contributed by atoms with Crippen LogP contribution in [-0.2, 0) is 0 Å². The molecule has 2 heterocycles. The van der Waals surface area contributed by atoms with Gasteiger partial charge in [0.15, 0.2) is 5.78 Å². The Bertz CT molecular complexity index is 361. The minimum atomic E-state index is 0.186. The van der Waals surface area contributed by atoms with Crippen molar-refractivity contribution in [1.82, 2.24) is 9.69 Å². The lowest BCUT2D eigenvalue weighted by Gasteiger charge is -2.27. The minimum absolute atomic E-state index is 0.186. The van der Waals surface area contributed by atoms with Gasteiger partial charge in [-0.05, 0) is 50.0 Å². The third kappa shape index (κ3) is 2.26. The molecule has 15 heavy (non-hydrogen) atoms.